The van der Waals surface area contributed by atoms with Crippen LogP contribution in [0.15, 0.2) is 24.5 Å². The molecule has 15 heavy (non-hydrogen) atoms. The molecule has 0 aliphatic carbocycles. The van der Waals surface area contributed by atoms with Crippen LogP contribution in [-0.4, -0.2) is 24.0 Å². The van der Waals surface area contributed by atoms with Crippen molar-refractivity contribution in [1.82, 2.24) is 10.3 Å². The molecule has 0 saturated heterocycles. The van der Waals surface area contributed by atoms with Crippen LogP contribution < -0.4 is 11.1 Å². The van der Waals surface area contributed by atoms with Gasteiger partial charge in [-0.05, 0) is 18.1 Å². The van der Waals surface area contributed by atoms with Crippen molar-refractivity contribution in [1.29, 1.82) is 0 Å². The fraction of sp³-hybridized carbons (Fsp3) is 0.455. The van der Waals surface area contributed by atoms with Crippen LogP contribution in [0.3, 0.4) is 0 Å². The maximum Gasteiger partial charge on any atom is 0.224 e. The molecule has 1 heterocycles. The van der Waals surface area contributed by atoms with E-state index in [1.807, 2.05) is 19.1 Å². The Morgan fingerprint density at radius 1 is 1.67 bits per heavy atom. The first-order chi connectivity index (χ1) is 7.24. The van der Waals surface area contributed by atoms with E-state index in [2.05, 4.69) is 10.3 Å². The number of amides is 1. The number of hydrogen-bond acceptors (Lipinski definition) is 3. The number of carbonyl (C=O) groups is 1. The summed E-state index contributed by atoms with van der Waals surface area (Å²) in [4.78, 5) is 15.4. The van der Waals surface area contributed by atoms with Crippen molar-refractivity contribution in [3.8, 4) is 0 Å². The van der Waals surface area contributed by atoms with Gasteiger partial charge in [0.05, 0.1) is 0 Å². The van der Waals surface area contributed by atoms with Gasteiger partial charge >= 0.3 is 0 Å². The van der Waals surface area contributed by atoms with Crippen LogP contribution in [0, 0.1) is 5.92 Å². The van der Waals surface area contributed by atoms with Gasteiger partial charge in [-0.3, -0.25) is 9.78 Å². The first-order valence-electron chi connectivity index (χ1n) is 5.10. The summed E-state index contributed by atoms with van der Waals surface area (Å²) in [6.45, 7) is 2.84. The van der Waals surface area contributed by atoms with Crippen LogP contribution in [0.4, 0.5) is 0 Å². The van der Waals surface area contributed by atoms with Crippen molar-refractivity contribution in [2.24, 2.45) is 11.7 Å². The number of aromatic nitrogens is 1. The maximum atomic E-state index is 11.4. The molecule has 0 aliphatic rings. The Bertz CT molecular complexity index is 300. The van der Waals surface area contributed by atoms with Gasteiger partial charge in [0.1, 0.15) is 0 Å². The zero-order valence-electron chi connectivity index (χ0n) is 8.94. The molecule has 1 aromatic rings. The first-order valence-corrected chi connectivity index (χ1v) is 5.10. The van der Waals surface area contributed by atoms with E-state index in [1.165, 1.54) is 0 Å². The van der Waals surface area contributed by atoms with Crippen LogP contribution >= 0.6 is 0 Å². The van der Waals surface area contributed by atoms with Crippen molar-refractivity contribution < 1.29 is 4.79 Å². The minimum Gasteiger partial charge on any atom is -0.355 e. The van der Waals surface area contributed by atoms with Crippen LogP contribution in [0.1, 0.15) is 12.5 Å². The molecular formula is C11H17N3O. The van der Waals surface area contributed by atoms with E-state index in [0.717, 1.165) is 12.0 Å². The third-order valence-electron chi connectivity index (χ3n) is 2.24. The summed E-state index contributed by atoms with van der Waals surface area (Å²) in [5.74, 6) is -0.0970. The lowest BCUT2D eigenvalue weighted by Gasteiger charge is -2.09. The predicted molar refractivity (Wildman–Crippen MR) is 59.2 cm³/mol. The number of rotatable bonds is 5. The topological polar surface area (TPSA) is 68.0 Å². The summed E-state index contributed by atoms with van der Waals surface area (Å²) in [6, 6.07) is 3.88. The van der Waals surface area contributed by atoms with Crippen LogP contribution in [0.25, 0.3) is 0 Å². The molecular weight excluding hydrogens is 190 g/mol. The molecule has 82 valence electrons. The predicted octanol–water partition coefficient (Wildman–Crippen LogP) is 0.335. The van der Waals surface area contributed by atoms with E-state index in [0.29, 0.717) is 13.1 Å². The van der Waals surface area contributed by atoms with Gasteiger partial charge in [-0.1, -0.05) is 13.0 Å². The smallest absolute Gasteiger partial charge is 0.224 e. The van der Waals surface area contributed by atoms with E-state index < -0.39 is 0 Å². The van der Waals surface area contributed by atoms with Gasteiger partial charge in [0.2, 0.25) is 5.91 Å². The van der Waals surface area contributed by atoms with Crippen molar-refractivity contribution in [3.63, 3.8) is 0 Å². The Kier molecular flexibility index (Phi) is 4.77. The number of pyridine rings is 1. The number of nitrogens with one attached hydrogen (secondary N) is 1. The van der Waals surface area contributed by atoms with E-state index in [9.17, 15) is 4.79 Å². The van der Waals surface area contributed by atoms with Crippen molar-refractivity contribution in [3.05, 3.63) is 30.1 Å². The molecule has 0 bridgehead atoms. The molecule has 0 fully saturated rings. The molecule has 1 rings (SSSR count). The largest absolute Gasteiger partial charge is 0.355 e. The van der Waals surface area contributed by atoms with Gasteiger partial charge in [0.25, 0.3) is 0 Å². The minimum atomic E-state index is -0.112. The summed E-state index contributed by atoms with van der Waals surface area (Å²) in [7, 11) is 0. The third kappa shape index (κ3) is 4.08. The molecule has 1 unspecified atom stereocenters. The van der Waals surface area contributed by atoms with Gasteiger partial charge < -0.3 is 11.1 Å². The highest BCUT2D eigenvalue weighted by Crippen LogP contribution is 1.96. The second-order valence-electron chi connectivity index (χ2n) is 3.54. The highest BCUT2D eigenvalue weighted by Gasteiger charge is 2.08. The zero-order chi connectivity index (χ0) is 11.1. The lowest BCUT2D eigenvalue weighted by Crippen LogP contribution is -2.34. The van der Waals surface area contributed by atoms with Gasteiger partial charge in [-0.2, -0.15) is 0 Å². The maximum absolute atomic E-state index is 11.4. The van der Waals surface area contributed by atoms with Crippen LogP contribution in [0.5, 0.6) is 0 Å². The minimum absolute atomic E-state index is 0.0152. The second-order valence-corrected chi connectivity index (χ2v) is 3.54. The normalized spacial score (nSPS) is 12.1. The molecule has 0 aliphatic heterocycles. The summed E-state index contributed by atoms with van der Waals surface area (Å²) in [5, 5.41) is 2.84. The molecule has 4 heteroatoms. The fourth-order valence-electron chi connectivity index (χ4n) is 1.16. The Labute approximate surface area is 89.9 Å². The quantitative estimate of drug-likeness (QED) is 0.731. The number of nitrogens with zero attached hydrogens (tertiary/aromatic N) is 1. The average molecular weight is 207 g/mol. The number of carbonyl (C=O) groups excluding carboxylic acids is 1. The van der Waals surface area contributed by atoms with Gasteiger partial charge in [-0.25, -0.2) is 0 Å². The van der Waals surface area contributed by atoms with Gasteiger partial charge in [-0.15, -0.1) is 0 Å². The summed E-state index contributed by atoms with van der Waals surface area (Å²) >= 11 is 0. The van der Waals surface area contributed by atoms with E-state index in [1.54, 1.807) is 12.4 Å². The molecule has 1 amide bonds. The molecule has 4 nitrogen and oxygen atoms in total. The van der Waals surface area contributed by atoms with Crippen molar-refractivity contribution in [2.45, 2.75) is 13.3 Å². The van der Waals surface area contributed by atoms with Crippen molar-refractivity contribution >= 4 is 5.91 Å². The molecule has 1 aromatic heterocycles. The summed E-state index contributed by atoms with van der Waals surface area (Å²) in [6.07, 6.45) is 4.34. The SMILES string of the molecule is CC(CN)C(=O)NCCc1cccnc1. The van der Waals surface area contributed by atoms with E-state index >= 15 is 0 Å². The van der Waals surface area contributed by atoms with E-state index in [-0.39, 0.29) is 11.8 Å². The molecule has 1 atom stereocenters. The third-order valence-corrected chi connectivity index (χ3v) is 2.24. The number of nitrogens with two attached hydrogens (primary N) is 1. The Morgan fingerprint density at radius 3 is 3.07 bits per heavy atom. The molecule has 0 radical (unpaired) electrons. The second kappa shape index (κ2) is 6.14. The van der Waals surface area contributed by atoms with Crippen LogP contribution in [-0.2, 0) is 11.2 Å². The van der Waals surface area contributed by atoms with E-state index in [4.69, 9.17) is 5.73 Å². The monoisotopic (exact) mass is 207 g/mol. The highest BCUT2D eigenvalue weighted by molar-refractivity contribution is 5.78. The van der Waals surface area contributed by atoms with Crippen LogP contribution in [0.2, 0.25) is 0 Å². The lowest BCUT2D eigenvalue weighted by atomic mass is 10.1. The van der Waals surface area contributed by atoms with Gasteiger partial charge in [0, 0.05) is 31.4 Å². The molecule has 3 N–H and O–H groups in total. The summed E-state index contributed by atoms with van der Waals surface area (Å²) in [5.41, 5.74) is 6.51. The number of hydrogen-bond donors (Lipinski definition) is 2. The Morgan fingerprint density at radius 2 is 2.47 bits per heavy atom. The molecule has 0 aromatic carbocycles. The molecule has 0 saturated carbocycles. The Hall–Kier alpha value is -1.42. The standard InChI is InChI=1S/C11H17N3O/c1-9(7-12)11(15)14-6-4-10-3-2-5-13-8-10/h2-3,5,8-9H,4,6-7,12H2,1H3,(H,14,15). The summed E-state index contributed by atoms with van der Waals surface area (Å²) < 4.78 is 0. The molecule has 0 spiro atoms. The van der Waals surface area contributed by atoms with Gasteiger partial charge in [0.15, 0.2) is 0 Å². The Balaban J connectivity index is 2.25. The van der Waals surface area contributed by atoms with Crippen molar-refractivity contribution in [2.75, 3.05) is 13.1 Å². The first kappa shape index (κ1) is 11.7. The zero-order valence-corrected chi connectivity index (χ0v) is 8.94. The average Bonchev–Trinajstić information content (AvgIpc) is 2.29. The fourth-order valence-corrected chi connectivity index (χ4v) is 1.16. The lowest BCUT2D eigenvalue weighted by molar-refractivity contribution is -0.124. The highest BCUT2D eigenvalue weighted by atomic mass is 16.1.